The van der Waals surface area contributed by atoms with Gasteiger partial charge in [0.05, 0.1) is 5.56 Å². The van der Waals surface area contributed by atoms with Crippen molar-refractivity contribution in [2.75, 3.05) is 12.4 Å². The molecule has 76 valence electrons. The molecule has 0 spiro atoms. The fraction of sp³-hybridized carbons (Fsp3) is 0.0833. The standard InChI is InChI=1S/C12H11NO2/c1-13-11-7-6-10(12(14)15)8-4-2-3-5-9(8)11/h2-7,13H,1H3,(H,14,15). The Bertz CT molecular complexity index is 520. The minimum atomic E-state index is -0.895. The van der Waals surface area contributed by atoms with Gasteiger partial charge in [0, 0.05) is 18.1 Å². The molecule has 15 heavy (non-hydrogen) atoms. The summed E-state index contributed by atoms with van der Waals surface area (Å²) >= 11 is 0. The number of carbonyl (C=O) groups is 1. The van der Waals surface area contributed by atoms with Crippen molar-refractivity contribution in [1.82, 2.24) is 0 Å². The monoisotopic (exact) mass is 201 g/mol. The van der Waals surface area contributed by atoms with Gasteiger partial charge in [0.1, 0.15) is 0 Å². The minimum Gasteiger partial charge on any atom is -0.478 e. The minimum absolute atomic E-state index is 0.338. The highest BCUT2D eigenvalue weighted by molar-refractivity contribution is 6.07. The van der Waals surface area contributed by atoms with Gasteiger partial charge in [-0.1, -0.05) is 24.3 Å². The molecule has 0 bridgehead atoms. The van der Waals surface area contributed by atoms with E-state index in [1.54, 1.807) is 12.1 Å². The van der Waals surface area contributed by atoms with Crippen LogP contribution in [0.25, 0.3) is 10.8 Å². The molecule has 2 aromatic carbocycles. The van der Waals surface area contributed by atoms with Crippen LogP contribution in [0.4, 0.5) is 5.69 Å². The first-order valence-corrected chi connectivity index (χ1v) is 4.67. The molecule has 3 heteroatoms. The fourth-order valence-electron chi connectivity index (χ4n) is 1.70. The average Bonchev–Trinajstić information content (AvgIpc) is 2.27. The molecule has 0 amide bonds. The normalized spacial score (nSPS) is 10.2. The van der Waals surface area contributed by atoms with Crippen LogP contribution in [0.5, 0.6) is 0 Å². The number of hydrogen-bond acceptors (Lipinski definition) is 2. The summed E-state index contributed by atoms with van der Waals surface area (Å²) in [5, 5.41) is 13.8. The summed E-state index contributed by atoms with van der Waals surface area (Å²) in [4.78, 5) is 11.0. The first-order chi connectivity index (χ1) is 7.24. The third kappa shape index (κ3) is 1.52. The summed E-state index contributed by atoms with van der Waals surface area (Å²) in [5.41, 5.74) is 1.28. The zero-order valence-corrected chi connectivity index (χ0v) is 8.32. The number of carboxylic acid groups (broad SMARTS) is 1. The van der Waals surface area contributed by atoms with Gasteiger partial charge in [0.25, 0.3) is 0 Å². The predicted molar refractivity (Wildman–Crippen MR) is 60.5 cm³/mol. The maximum absolute atomic E-state index is 11.0. The number of hydrogen-bond donors (Lipinski definition) is 2. The molecule has 0 radical (unpaired) electrons. The Morgan fingerprint density at radius 1 is 1.13 bits per heavy atom. The van der Waals surface area contributed by atoms with Crippen molar-refractivity contribution >= 4 is 22.4 Å². The predicted octanol–water partition coefficient (Wildman–Crippen LogP) is 2.58. The summed E-state index contributed by atoms with van der Waals surface area (Å²) in [6.45, 7) is 0. The van der Waals surface area contributed by atoms with Crippen LogP contribution in [-0.4, -0.2) is 18.1 Å². The lowest BCUT2D eigenvalue weighted by atomic mass is 10.0. The molecule has 0 saturated carbocycles. The van der Waals surface area contributed by atoms with Crippen LogP contribution in [0, 0.1) is 0 Å². The van der Waals surface area contributed by atoms with Crippen molar-refractivity contribution in [2.24, 2.45) is 0 Å². The van der Waals surface area contributed by atoms with E-state index in [9.17, 15) is 4.79 Å². The third-order valence-corrected chi connectivity index (χ3v) is 2.42. The Balaban J connectivity index is 2.83. The summed E-state index contributed by atoms with van der Waals surface area (Å²) in [6, 6.07) is 10.9. The van der Waals surface area contributed by atoms with Crippen LogP contribution < -0.4 is 5.32 Å². The first-order valence-electron chi connectivity index (χ1n) is 4.67. The molecule has 0 aliphatic carbocycles. The summed E-state index contributed by atoms with van der Waals surface area (Å²) in [6.07, 6.45) is 0. The molecule has 3 nitrogen and oxygen atoms in total. The lowest BCUT2D eigenvalue weighted by Crippen LogP contribution is -1.99. The van der Waals surface area contributed by atoms with Crippen LogP contribution in [0.2, 0.25) is 0 Å². The van der Waals surface area contributed by atoms with Gasteiger partial charge in [0.15, 0.2) is 0 Å². The zero-order valence-electron chi connectivity index (χ0n) is 8.32. The lowest BCUT2D eigenvalue weighted by Gasteiger charge is -2.07. The number of fused-ring (bicyclic) bond motifs is 1. The molecular formula is C12H11NO2. The summed E-state index contributed by atoms with van der Waals surface area (Å²) in [7, 11) is 1.82. The number of benzene rings is 2. The highest BCUT2D eigenvalue weighted by atomic mass is 16.4. The van der Waals surface area contributed by atoms with Gasteiger partial charge in [-0.05, 0) is 17.5 Å². The largest absolute Gasteiger partial charge is 0.478 e. The number of rotatable bonds is 2. The second kappa shape index (κ2) is 3.61. The second-order valence-electron chi connectivity index (χ2n) is 3.26. The molecule has 2 rings (SSSR count). The van der Waals surface area contributed by atoms with Crippen LogP contribution in [-0.2, 0) is 0 Å². The highest BCUT2D eigenvalue weighted by Gasteiger charge is 2.09. The van der Waals surface area contributed by atoms with Crippen molar-refractivity contribution in [1.29, 1.82) is 0 Å². The Kier molecular flexibility index (Phi) is 2.29. The van der Waals surface area contributed by atoms with Gasteiger partial charge in [0.2, 0.25) is 0 Å². The van der Waals surface area contributed by atoms with E-state index in [4.69, 9.17) is 5.11 Å². The van der Waals surface area contributed by atoms with E-state index in [1.165, 1.54) is 0 Å². The third-order valence-electron chi connectivity index (χ3n) is 2.42. The maximum atomic E-state index is 11.0. The van der Waals surface area contributed by atoms with Crippen molar-refractivity contribution in [3.8, 4) is 0 Å². The average molecular weight is 201 g/mol. The van der Waals surface area contributed by atoms with Gasteiger partial charge in [-0.3, -0.25) is 0 Å². The number of nitrogens with one attached hydrogen (secondary N) is 1. The van der Waals surface area contributed by atoms with E-state index < -0.39 is 5.97 Å². The van der Waals surface area contributed by atoms with Gasteiger partial charge in [-0.2, -0.15) is 0 Å². The topological polar surface area (TPSA) is 49.3 Å². The van der Waals surface area contributed by atoms with Crippen molar-refractivity contribution in [3.05, 3.63) is 42.0 Å². The smallest absolute Gasteiger partial charge is 0.336 e. The van der Waals surface area contributed by atoms with E-state index in [1.807, 2.05) is 31.3 Å². The van der Waals surface area contributed by atoms with Gasteiger partial charge in [-0.15, -0.1) is 0 Å². The number of aromatic carboxylic acids is 1. The van der Waals surface area contributed by atoms with Crippen LogP contribution in [0.1, 0.15) is 10.4 Å². The molecule has 0 aliphatic heterocycles. The Labute approximate surface area is 87.3 Å². The fourth-order valence-corrected chi connectivity index (χ4v) is 1.70. The second-order valence-corrected chi connectivity index (χ2v) is 3.26. The van der Waals surface area contributed by atoms with Gasteiger partial charge in [-0.25, -0.2) is 4.79 Å². The maximum Gasteiger partial charge on any atom is 0.336 e. The van der Waals surface area contributed by atoms with E-state index in [2.05, 4.69) is 5.32 Å². The molecule has 0 heterocycles. The molecule has 2 aromatic rings. The molecule has 0 aromatic heterocycles. The summed E-state index contributed by atoms with van der Waals surface area (Å²) in [5.74, 6) is -0.895. The van der Waals surface area contributed by atoms with E-state index in [0.717, 1.165) is 16.5 Å². The van der Waals surface area contributed by atoms with E-state index in [-0.39, 0.29) is 0 Å². The Morgan fingerprint density at radius 2 is 1.80 bits per heavy atom. The van der Waals surface area contributed by atoms with E-state index in [0.29, 0.717) is 5.56 Å². The highest BCUT2D eigenvalue weighted by Crippen LogP contribution is 2.26. The molecule has 0 saturated heterocycles. The first kappa shape index (κ1) is 9.52. The molecule has 0 unspecified atom stereocenters. The molecule has 2 N–H and O–H groups in total. The number of anilines is 1. The molecule has 0 atom stereocenters. The van der Waals surface area contributed by atoms with Gasteiger partial charge >= 0.3 is 5.97 Å². The Morgan fingerprint density at radius 3 is 2.40 bits per heavy atom. The lowest BCUT2D eigenvalue weighted by molar-refractivity contribution is 0.0699. The van der Waals surface area contributed by atoms with Crippen molar-refractivity contribution in [2.45, 2.75) is 0 Å². The number of carboxylic acids is 1. The SMILES string of the molecule is CNc1ccc(C(=O)O)c2ccccc12. The van der Waals surface area contributed by atoms with Gasteiger partial charge < -0.3 is 10.4 Å². The molecule has 0 aliphatic rings. The van der Waals surface area contributed by atoms with Crippen LogP contribution >= 0.6 is 0 Å². The quantitative estimate of drug-likeness (QED) is 0.785. The van der Waals surface area contributed by atoms with Crippen LogP contribution in [0.3, 0.4) is 0 Å². The molecule has 0 fully saturated rings. The molecular weight excluding hydrogens is 190 g/mol. The van der Waals surface area contributed by atoms with Crippen LogP contribution in [0.15, 0.2) is 36.4 Å². The van der Waals surface area contributed by atoms with Crippen molar-refractivity contribution in [3.63, 3.8) is 0 Å². The van der Waals surface area contributed by atoms with Crippen molar-refractivity contribution < 1.29 is 9.90 Å². The Hall–Kier alpha value is -2.03. The zero-order chi connectivity index (χ0) is 10.8. The van der Waals surface area contributed by atoms with E-state index >= 15 is 0 Å². The summed E-state index contributed by atoms with van der Waals surface area (Å²) < 4.78 is 0.